The topological polar surface area (TPSA) is 95.7 Å². The number of carbonyl (C=O) groups is 3. The Morgan fingerprint density at radius 2 is 1.71 bits per heavy atom. The first-order chi connectivity index (χ1) is 6.52. The Balaban J connectivity index is 3.96. The van der Waals surface area contributed by atoms with Crippen LogP contribution in [0.4, 0.5) is 0 Å². The molecule has 2 N–H and O–H groups in total. The Bertz CT molecular complexity index is 238. The van der Waals surface area contributed by atoms with Crippen molar-refractivity contribution >= 4 is 17.7 Å². The van der Waals surface area contributed by atoms with E-state index in [0.717, 1.165) is 7.11 Å². The summed E-state index contributed by atoms with van der Waals surface area (Å²) in [5.41, 5.74) is 5.22. The maximum Gasteiger partial charge on any atom is 0.330 e. The molecular weight excluding hydrogens is 190 g/mol. The van der Waals surface area contributed by atoms with Crippen LogP contribution in [-0.2, 0) is 23.9 Å². The van der Waals surface area contributed by atoms with Crippen molar-refractivity contribution in [2.75, 3.05) is 14.2 Å². The van der Waals surface area contributed by atoms with Crippen LogP contribution in [0.5, 0.6) is 0 Å². The highest BCUT2D eigenvalue weighted by Gasteiger charge is 2.22. The molecule has 0 spiro atoms. The minimum absolute atomic E-state index is 0.0833. The van der Waals surface area contributed by atoms with Crippen molar-refractivity contribution in [1.29, 1.82) is 0 Å². The molecule has 80 valence electrons. The van der Waals surface area contributed by atoms with Crippen LogP contribution in [0.2, 0.25) is 0 Å². The maximum atomic E-state index is 11.1. The molecule has 0 amide bonds. The van der Waals surface area contributed by atoms with Crippen LogP contribution >= 0.6 is 0 Å². The molecule has 0 aromatic rings. The fourth-order valence-electron chi connectivity index (χ4n) is 0.741. The minimum Gasteiger partial charge on any atom is -0.469 e. The number of nitrogens with two attached hydrogens (primary N) is 1. The van der Waals surface area contributed by atoms with E-state index in [-0.39, 0.29) is 12.8 Å². The number of methoxy groups -OCH3 is 2. The predicted octanol–water partition coefficient (Wildman–Crippen LogP) is -0.991. The number of carbonyl (C=O) groups excluding carboxylic acids is 3. The van der Waals surface area contributed by atoms with Crippen LogP contribution in [-0.4, -0.2) is 38.0 Å². The summed E-state index contributed by atoms with van der Waals surface area (Å²) in [7, 11) is 2.35. The van der Waals surface area contributed by atoms with E-state index in [9.17, 15) is 14.4 Å². The molecule has 0 aliphatic heterocycles. The zero-order chi connectivity index (χ0) is 11.1. The van der Waals surface area contributed by atoms with Crippen molar-refractivity contribution in [2.45, 2.75) is 18.9 Å². The number of ketones is 1. The number of hydrogen-bond acceptors (Lipinski definition) is 6. The molecule has 0 unspecified atom stereocenters. The van der Waals surface area contributed by atoms with Gasteiger partial charge in [-0.05, 0) is 0 Å². The summed E-state index contributed by atoms with van der Waals surface area (Å²) in [4.78, 5) is 32.6. The first kappa shape index (κ1) is 12.6. The van der Waals surface area contributed by atoms with Crippen LogP contribution in [0, 0.1) is 0 Å². The molecule has 0 saturated heterocycles. The molecule has 0 bridgehead atoms. The molecule has 6 heteroatoms. The van der Waals surface area contributed by atoms with Crippen LogP contribution in [0.3, 0.4) is 0 Å². The van der Waals surface area contributed by atoms with Crippen molar-refractivity contribution in [1.82, 2.24) is 0 Å². The first-order valence-electron chi connectivity index (χ1n) is 3.95. The van der Waals surface area contributed by atoms with E-state index in [1.54, 1.807) is 0 Å². The average Bonchev–Trinajstić information content (AvgIpc) is 2.22. The van der Waals surface area contributed by atoms with Crippen molar-refractivity contribution in [3.63, 3.8) is 0 Å². The van der Waals surface area contributed by atoms with Gasteiger partial charge in [0.2, 0.25) is 0 Å². The highest BCUT2D eigenvalue weighted by atomic mass is 16.5. The summed E-state index contributed by atoms with van der Waals surface area (Å²) in [6.07, 6.45) is -0.205. The summed E-state index contributed by atoms with van der Waals surface area (Å²) in [6, 6.07) is -1.32. The molecule has 0 rings (SSSR count). The smallest absolute Gasteiger partial charge is 0.330 e. The number of rotatable bonds is 5. The normalized spacial score (nSPS) is 11.6. The van der Waals surface area contributed by atoms with Gasteiger partial charge in [0.25, 0.3) is 0 Å². The van der Waals surface area contributed by atoms with Crippen LogP contribution < -0.4 is 5.73 Å². The summed E-state index contributed by atoms with van der Waals surface area (Å²) < 4.78 is 8.58. The van der Waals surface area contributed by atoms with Gasteiger partial charge >= 0.3 is 11.9 Å². The quantitative estimate of drug-likeness (QED) is 0.455. The monoisotopic (exact) mass is 203 g/mol. The summed E-state index contributed by atoms with van der Waals surface area (Å²) in [6.45, 7) is 0. The summed E-state index contributed by atoms with van der Waals surface area (Å²) in [5, 5.41) is 0. The van der Waals surface area contributed by atoms with Gasteiger partial charge in [0.15, 0.2) is 11.8 Å². The van der Waals surface area contributed by atoms with E-state index in [1.165, 1.54) is 7.11 Å². The van der Waals surface area contributed by atoms with Gasteiger partial charge in [0.05, 0.1) is 20.6 Å². The van der Waals surface area contributed by atoms with Crippen molar-refractivity contribution in [3.8, 4) is 0 Å². The molecule has 0 aliphatic rings. The van der Waals surface area contributed by atoms with Crippen LogP contribution in [0.25, 0.3) is 0 Å². The van der Waals surface area contributed by atoms with E-state index in [1.807, 2.05) is 0 Å². The van der Waals surface area contributed by atoms with Crippen LogP contribution in [0.1, 0.15) is 12.8 Å². The fourth-order valence-corrected chi connectivity index (χ4v) is 0.741. The Hall–Kier alpha value is -1.43. The Morgan fingerprint density at radius 3 is 2.14 bits per heavy atom. The maximum absolute atomic E-state index is 11.1. The highest BCUT2D eigenvalue weighted by molar-refractivity contribution is 6.03. The SMILES string of the molecule is COC(=O)CCC(=O)[C@H](N)C(=O)OC. The van der Waals surface area contributed by atoms with Gasteiger partial charge in [-0.3, -0.25) is 9.59 Å². The van der Waals surface area contributed by atoms with E-state index < -0.39 is 23.8 Å². The molecule has 0 saturated carbocycles. The lowest BCUT2D eigenvalue weighted by Crippen LogP contribution is -2.39. The van der Waals surface area contributed by atoms with Gasteiger partial charge in [-0.1, -0.05) is 0 Å². The second kappa shape index (κ2) is 6.09. The van der Waals surface area contributed by atoms with Gasteiger partial charge in [0, 0.05) is 6.42 Å². The standard InChI is InChI=1S/C8H13NO5/c1-13-6(11)4-3-5(10)7(9)8(12)14-2/h7H,3-4,9H2,1-2H3/t7-/m0/s1. The summed E-state index contributed by atoms with van der Waals surface area (Å²) >= 11 is 0. The van der Waals surface area contributed by atoms with Gasteiger partial charge in [-0.2, -0.15) is 0 Å². The van der Waals surface area contributed by atoms with E-state index in [4.69, 9.17) is 5.73 Å². The molecule has 14 heavy (non-hydrogen) atoms. The van der Waals surface area contributed by atoms with Crippen molar-refractivity contribution in [2.24, 2.45) is 5.73 Å². The van der Waals surface area contributed by atoms with Gasteiger partial charge in [-0.15, -0.1) is 0 Å². The third kappa shape index (κ3) is 3.99. The Kier molecular flexibility index (Phi) is 5.47. The molecule has 0 radical (unpaired) electrons. The average molecular weight is 203 g/mol. The van der Waals surface area contributed by atoms with E-state index >= 15 is 0 Å². The van der Waals surface area contributed by atoms with Gasteiger partial charge in [-0.25, -0.2) is 4.79 Å². The Labute approximate surface area is 81.3 Å². The molecule has 0 aromatic carbocycles. The zero-order valence-corrected chi connectivity index (χ0v) is 8.11. The Morgan fingerprint density at radius 1 is 1.14 bits per heavy atom. The zero-order valence-electron chi connectivity index (χ0n) is 8.11. The lowest BCUT2D eigenvalue weighted by molar-refractivity contribution is -0.147. The highest BCUT2D eigenvalue weighted by Crippen LogP contribution is 1.97. The van der Waals surface area contributed by atoms with Crippen molar-refractivity contribution in [3.05, 3.63) is 0 Å². The van der Waals surface area contributed by atoms with Gasteiger partial charge in [0.1, 0.15) is 0 Å². The lowest BCUT2D eigenvalue weighted by atomic mass is 10.1. The second-order valence-electron chi connectivity index (χ2n) is 2.54. The third-order valence-electron chi connectivity index (χ3n) is 1.61. The van der Waals surface area contributed by atoms with Gasteiger partial charge < -0.3 is 15.2 Å². The molecule has 1 atom stereocenters. The molecule has 6 nitrogen and oxygen atoms in total. The minimum atomic E-state index is -1.32. The number of esters is 2. The van der Waals surface area contributed by atoms with Crippen molar-refractivity contribution < 1.29 is 23.9 Å². The molecule has 0 aliphatic carbocycles. The number of hydrogen-bond donors (Lipinski definition) is 1. The predicted molar refractivity (Wildman–Crippen MR) is 46.2 cm³/mol. The fraction of sp³-hybridized carbons (Fsp3) is 0.625. The molecule has 0 aromatic heterocycles. The summed E-state index contributed by atoms with van der Waals surface area (Å²) in [5.74, 6) is -1.86. The first-order valence-corrected chi connectivity index (χ1v) is 3.95. The molecular formula is C8H13NO5. The molecule has 0 heterocycles. The van der Waals surface area contributed by atoms with Crippen LogP contribution in [0.15, 0.2) is 0 Å². The number of ether oxygens (including phenoxy) is 2. The largest absolute Gasteiger partial charge is 0.469 e. The van der Waals surface area contributed by atoms with E-state index in [0.29, 0.717) is 0 Å². The molecule has 0 fully saturated rings. The second-order valence-corrected chi connectivity index (χ2v) is 2.54. The third-order valence-corrected chi connectivity index (χ3v) is 1.61. The lowest BCUT2D eigenvalue weighted by Gasteiger charge is -2.06. The van der Waals surface area contributed by atoms with E-state index in [2.05, 4.69) is 9.47 Å². The number of Topliss-reactive ketones (excluding diaryl/α,β-unsaturated/α-hetero) is 1.